The molecule has 0 unspecified atom stereocenters. The second-order valence-electron chi connectivity index (χ2n) is 6.20. The highest BCUT2D eigenvalue weighted by Gasteiger charge is 2.19. The quantitative estimate of drug-likeness (QED) is 0.790. The Bertz CT molecular complexity index is 245. The van der Waals surface area contributed by atoms with E-state index in [1.807, 2.05) is 13.8 Å². The van der Waals surface area contributed by atoms with Gasteiger partial charge >= 0.3 is 0 Å². The van der Waals surface area contributed by atoms with Crippen molar-refractivity contribution in [3.63, 3.8) is 0 Å². The first-order chi connectivity index (χ1) is 8.50. The third kappa shape index (κ3) is 5.38. The van der Waals surface area contributed by atoms with E-state index in [9.17, 15) is 4.79 Å². The molecule has 3 heteroatoms. The number of nitrogens with one attached hydrogen (secondary N) is 1. The summed E-state index contributed by atoms with van der Waals surface area (Å²) in [5, 5.41) is 3.19. The molecule has 1 amide bonds. The maximum Gasteiger partial charge on any atom is 0.222 e. The molecule has 1 fully saturated rings. The first-order valence-electron chi connectivity index (χ1n) is 7.53. The minimum Gasteiger partial charge on any atom is -0.353 e. The van der Waals surface area contributed by atoms with Crippen LogP contribution in [-0.4, -0.2) is 36.5 Å². The molecule has 0 spiro atoms. The molecule has 0 saturated carbocycles. The number of rotatable bonds is 6. The van der Waals surface area contributed by atoms with Crippen molar-refractivity contribution in [3.05, 3.63) is 0 Å². The Labute approximate surface area is 112 Å². The van der Waals surface area contributed by atoms with E-state index in [4.69, 9.17) is 0 Å². The normalized spacial score (nSPS) is 19.2. The molecule has 1 atom stereocenters. The fraction of sp³-hybridized carbons (Fsp3) is 0.933. The molecule has 1 aliphatic heterocycles. The zero-order valence-electron chi connectivity index (χ0n) is 12.5. The van der Waals surface area contributed by atoms with Crippen molar-refractivity contribution in [1.82, 2.24) is 10.2 Å². The van der Waals surface area contributed by atoms with Gasteiger partial charge in [-0.3, -0.25) is 4.79 Å². The molecule has 0 radical (unpaired) electrons. The van der Waals surface area contributed by atoms with E-state index in [1.54, 1.807) is 0 Å². The van der Waals surface area contributed by atoms with Crippen LogP contribution in [0.1, 0.15) is 53.4 Å². The summed E-state index contributed by atoms with van der Waals surface area (Å²) in [7, 11) is 0. The number of carbonyl (C=O) groups excluding carboxylic acids is 1. The predicted molar refractivity (Wildman–Crippen MR) is 76.5 cm³/mol. The number of likely N-dealkylation sites (tertiary alicyclic amines) is 1. The van der Waals surface area contributed by atoms with Crippen LogP contribution in [0.2, 0.25) is 0 Å². The van der Waals surface area contributed by atoms with E-state index in [-0.39, 0.29) is 11.8 Å². The van der Waals surface area contributed by atoms with Gasteiger partial charge in [0, 0.05) is 18.5 Å². The van der Waals surface area contributed by atoms with Crippen LogP contribution in [0.25, 0.3) is 0 Å². The van der Waals surface area contributed by atoms with Crippen LogP contribution in [0.3, 0.4) is 0 Å². The molecule has 1 saturated heterocycles. The Balaban J connectivity index is 2.35. The first kappa shape index (κ1) is 15.5. The highest BCUT2D eigenvalue weighted by Crippen LogP contribution is 2.12. The van der Waals surface area contributed by atoms with E-state index in [1.165, 1.54) is 32.4 Å². The molecule has 0 aromatic rings. The fourth-order valence-electron chi connectivity index (χ4n) is 2.43. The molecule has 3 nitrogen and oxygen atoms in total. The van der Waals surface area contributed by atoms with Gasteiger partial charge in [-0.25, -0.2) is 0 Å². The molecule has 1 N–H and O–H groups in total. The van der Waals surface area contributed by atoms with E-state index in [2.05, 4.69) is 24.1 Å². The summed E-state index contributed by atoms with van der Waals surface area (Å²) in [6.07, 6.45) is 5.14. The maximum absolute atomic E-state index is 11.8. The molecule has 1 aliphatic rings. The van der Waals surface area contributed by atoms with E-state index in [0.29, 0.717) is 12.0 Å². The fourth-order valence-corrected chi connectivity index (χ4v) is 2.43. The van der Waals surface area contributed by atoms with Gasteiger partial charge in [-0.05, 0) is 38.3 Å². The van der Waals surface area contributed by atoms with Crippen molar-refractivity contribution in [3.8, 4) is 0 Å². The molecule has 0 aliphatic carbocycles. The van der Waals surface area contributed by atoms with Crippen molar-refractivity contribution in [2.75, 3.05) is 19.6 Å². The lowest BCUT2D eigenvalue weighted by Crippen LogP contribution is -2.43. The lowest BCUT2D eigenvalue weighted by molar-refractivity contribution is -0.125. The van der Waals surface area contributed by atoms with Crippen LogP contribution in [-0.2, 0) is 4.79 Å². The van der Waals surface area contributed by atoms with Gasteiger partial charge in [0.05, 0.1) is 0 Å². The minimum absolute atomic E-state index is 0.0845. The number of nitrogens with zero attached hydrogens (tertiary/aromatic N) is 1. The van der Waals surface area contributed by atoms with E-state index in [0.717, 1.165) is 13.0 Å². The Morgan fingerprint density at radius 3 is 2.22 bits per heavy atom. The number of carbonyl (C=O) groups is 1. The van der Waals surface area contributed by atoms with Crippen LogP contribution >= 0.6 is 0 Å². The van der Waals surface area contributed by atoms with Gasteiger partial charge in [-0.15, -0.1) is 0 Å². The van der Waals surface area contributed by atoms with Gasteiger partial charge in [0.25, 0.3) is 0 Å². The van der Waals surface area contributed by atoms with Crippen molar-refractivity contribution in [2.24, 2.45) is 11.8 Å². The molecular formula is C15H30N2O. The van der Waals surface area contributed by atoms with Crippen molar-refractivity contribution in [2.45, 2.75) is 59.4 Å². The Morgan fingerprint density at radius 1 is 1.11 bits per heavy atom. The van der Waals surface area contributed by atoms with Crippen molar-refractivity contribution in [1.29, 1.82) is 0 Å². The summed E-state index contributed by atoms with van der Waals surface area (Å²) >= 11 is 0. The topological polar surface area (TPSA) is 32.3 Å². The Morgan fingerprint density at radius 2 is 1.72 bits per heavy atom. The highest BCUT2D eigenvalue weighted by atomic mass is 16.1. The van der Waals surface area contributed by atoms with Crippen molar-refractivity contribution >= 4 is 5.91 Å². The maximum atomic E-state index is 11.8. The Hall–Kier alpha value is -0.570. The number of piperidine rings is 1. The largest absolute Gasteiger partial charge is 0.353 e. The molecule has 0 bridgehead atoms. The van der Waals surface area contributed by atoms with E-state index >= 15 is 0 Å². The van der Waals surface area contributed by atoms with E-state index < -0.39 is 0 Å². The number of hydrogen-bond donors (Lipinski definition) is 1. The highest BCUT2D eigenvalue weighted by molar-refractivity contribution is 5.78. The number of hydrogen-bond acceptors (Lipinski definition) is 2. The second kappa shape index (κ2) is 7.78. The minimum atomic E-state index is 0.0845. The average Bonchev–Trinajstić information content (AvgIpc) is 2.34. The lowest BCUT2D eigenvalue weighted by atomic mass is 9.99. The third-order valence-electron chi connectivity index (χ3n) is 3.86. The summed E-state index contributed by atoms with van der Waals surface area (Å²) in [5.74, 6) is 0.783. The van der Waals surface area contributed by atoms with Gasteiger partial charge in [0.2, 0.25) is 5.91 Å². The van der Waals surface area contributed by atoms with Crippen LogP contribution < -0.4 is 5.32 Å². The molecule has 1 heterocycles. The van der Waals surface area contributed by atoms with Crippen LogP contribution in [0, 0.1) is 11.8 Å². The molecule has 106 valence electrons. The summed E-state index contributed by atoms with van der Waals surface area (Å²) in [6, 6.07) is 0.321. The van der Waals surface area contributed by atoms with Crippen LogP contribution in [0.4, 0.5) is 0 Å². The summed E-state index contributed by atoms with van der Waals surface area (Å²) in [5.41, 5.74) is 0. The molecule has 0 aromatic carbocycles. The summed E-state index contributed by atoms with van der Waals surface area (Å²) in [4.78, 5) is 14.3. The molecule has 18 heavy (non-hydrogen) atoms. The van der Waals surface area contributed by atoms with Gasteiger partial charge < -0.3 is 10.2 Å². The average molecular weight is 254 g/mol. The molecular weight excluding hydrogens is 224 g/mol. The van der Waals surface area contributed by atoms with Gasteiger partial charge in [-0.2, -0.15) is 0 Å². The second-order valence-corrected chi connectivity index (χ2v) is 6.20. The van der Waals surface area contributed by atoms with Gasteiger partial charge in [-0.1, -0.05) is 34.1 Å². The van der Waals surface area contributed by atoms with Crippen molar-refractivity contribution < 1.29 is 4.79 Å². The Kier molecular flexibility index (Phi) is 6.69. The first-order valence-corrected chi connectivity index (χ1v) is 7.53. The van der Waals surface area contributed by atoms with Gasteiger partial charge in [0.1, 0.15) is 0 Å². The third-order valence-corrected chi connectivity index (χ3v) is 3.86. The standard InChI is InChI=1S/C15H30N2O/c1-12(2)14(16-15(18)13(3)4)8-11-17-9-6-5-7-10-17/h12-14H,5-11H2,1-4H3,(H,16,18)/t14-/m0/s1. The molecule has 0 aromatic heterocycles. The zero-order chi connectivity index (χ0) is 13.5. The SMILES string of the molecule is CC(C)C(=O)N[C@@H](CCN1CCCCC1)C(C)C. The predicted octanol–water partition coefficient (Wildman–Crippen LogP) is 2.66. The van der Waals surface area contributed by atoms with Crippen LogP contribution in [0.5, 0.6) is 0 Å². The summed E-state index contributed by atoms with van der Waals surface area (Å²) in [6.45, 7) is 11.9. The monoisotopic (exact) mass is 254 g/mol. The smallest absolute Gasteiger partial charge is 0.222 e. The zero-order valence-corrected chi connectivity index (χ0v) is 12.5. The lowest BCUT2D eigenvalue weighted by Gasteiger charge is -2.30. The number of amides is 1. The van der Waals surface area contributed by atoms with Gasteiger partial charge in [0.15, 0.2) is 0 Å². The van der Waals surface area contributed by atoms with Crippen LogP contribution in [0.15, 0.2) is 0 Å². The molecule has 1 rings (SSSR count). The summed E-state index contributed by atoms with van der Waals surface area (Å²) < 4.78 is 0.